The highest BCUT2D eigenvalue weighted by Gasteiger charge is 2.31. The Balaban J connectivity index is 1.65. The van der Waals surface area contributed by atoms with E-state index in [-0.39, 0.29) is 46.8 Å². The predicted molar refractivity (Wildman–Crippen MR) is 169 cm³/mol. The minimum Gasteiger partial charge on any atom is -0.490 e. The predicted octanol–water partition coefficient (Wildman–Crippen LogP) is 5.28. The summed E-state index contributed by atoms with van der Waals surface area (Å²) in [6.45, 7) is 8.43. The van der Waals surface area contributed by atoms with Gasteiger partial charge in [-0.3, -0.25) is 9.52 Å². The van der Waals surface area contributed by atoms with Crippen LogP contribution >= 0.6 is 11.6 Å². The lowest BCUT2D eigenvalue weighted by molar-refractivity contribution is -0.0172. The summed E-state index contributed by atoms with van der Waals surface area (Å²) in [6.07, 6.45) is 4.89. The lowest BCUT2D eigenvalue weighted by Gasteiger charge is -2.36. The van der Waals surface area contributed by atoms with Crippen molar-refractivity contribution in [3.8, 4) is 5.75 Å². The number of carbonyl (C=O) groups is 1. The molecule has 1 saturated carbocycles. The normalized spacial score (nSPS) is 23.3. The van der Waals surface area contributed by atoms with Crippen molar-refractivity contribution in [2.45, 2.75) is 76.0 Å². The van der Waals surface area contributed by atoms with Gasteiger partial charge < -0.3 is 24.4 Å². The SMILES string of the molecule is C[C@@H]1CCCCO[C@H](CN(C)CC2CC2)[C@H](C)CN([C@@H](C)CO)C(=O)c2cc(NS(=O)(=O)c3ccc(Cl)cc3)ccc2O1. The van der Waals surface area contributed by atoms with E-state index in [0.717, 1.165) is 38.3 Å². The van der Waals surface area contributed by atoms with E-state index in [4.69, 9.17) is 21.1 Å². The smallest absolute Gasteiger partial charge is 0.261 e. The Morgan fingerprint density at radius 1 is 1.09 bits per heavy atom. The van der Waals surface area contributed by atoms with Crippen molar-refractivity contribution >= 4 is 33.2 Å². The number of sulfonamides is 1. The second-order valence-electron chi connectivity index (χ2n) is 12.2. The molecule has 9 nitrogen and oxygen atoms in total. The molecule has 0 radical (unpaired) electrons. The Kier molecular flexibility index (Phi) is 11.8. The van der Waals surface area contributed by atoms with E-state index < -0.39 is 16.1 Å². The zero-order valence-electron chi connectivity index (χ0n) is 25.7. The number of nitrogens with zero attached hydrogens (tertiary/aromatic N) is 2. The number of rotatable bonds is 9. The first-order chi connectivity index (χ1) is 20.5. The molecule has 43 heavy (non-hydrogen) atoms. The number of halogens is 1. The molecule has 0 bridgehead atoms. The van der Waals surface area contributed by atoms with E-state index in [0.29, 0.717) is 23.9 Å². The number of fused-ring (bicyclic) bond motifs is 1. The maximum Gasteiger partial charge on any atom is 0.261 e. The van der Waals surface area contributed by atoms with Crippen molar-refractivity contribution in [1.82, 2.24) is 9.80 Å². The highest BCUT2D eigenvalue weighted by molar-refractivity contribution is 7.92. The third-order valence-corrected chi connectivity index (χ3v) is 9.84. The summed E-state index contributed by atoms with van der Waals surface area (Å²) in [5, 5.41) is 10.6. The zero-order chi connectivity index (χ0) is 31.1. The van der Waals surface area contributed by atoms with Gasteiger partial charge >= 0.3 is 0 Å². The number of hydrogen-bond donors (Lipinski definition) is 2. The summed E-state index contributed by atoms with van der Waals surface area (Å²) in [7, 11) is -1.81. The van der Waals surface area contributed by atoms with Crippen LogP contribution in [0.4, 0.5) is 5.69 Å². The molecule has 1 aliphatic heterocycles. The van der Waals surface area contributed by atoms with Gasteiger partial charge in [-0.15, -0.1) is 0 Å². The van der Waals surface area contributed by atoms with Gasteiger partial charge in [-0.1, -0.05) is 18.5 Å². The summed E-state index contributed by atoms with van der Waals surface area (Å²) in [4.78, 5) is 18.3. The van der Waals surface area contributed by atoms with Crippen LogP contribution < -0.4 is 9.46 Å². The molecular weight excluding hydrogens is 590 g/mol. The summed E-state index contributed by atoms with van der Waals surface area (Å²) in [5.74, 6) is 0.780. The average Bonchev–Trinajstić information content (AvgIpc) is 3.78. The molecule has 0 aromatic heterocycles. The van der Waals surface area contributed by atoms with Gasteiger partial charge in [0.05, 0.1) is 35.3 Å². The van der Waals surface area contributed by atoms with Crippen LogP contribution in [0, 0.1) is 11.8 Å². The largest absolute Gasteiger partial charge is 0.490 e. The number of hydrogen-bond acceptors (Lipinski definition) is 7. The van der Waals surface area contributed by atoms with Crippen molar-refractivity contribution in [3.05, 3.63) is 53.1 Å². The maximum absolute atomic E-state index is 14.3. The quantitative estimate of drug-likeness (QED) is 0.386. The minimum absolute atomic E-state index is 0.0163. The molecule has 4 atom stereocenters. The van der Waals surface area contributed by atoms with E-state index in [1.807, 2.05) is 6.92 Å². The molecule has 1 aliphatic carbocycles. The van der Waals surface area contributed by atoms with Crippen LogP contribution in [0.1, 0.15) is 63.2 Å². The third kappa shape index (κ3) is 9.56. The molecule has 2 aromatic carbocycles. The number of aliphatic hydroxyl groups is 1. The Bertz CT molecular complexity index is 1320. The molecule has 2 N–H and O–H groups in total. The van der Waals surface area contributed by atoms with Crippen LogP contribution in [0.25, 0.3) is 0 Å². The van der Waals surface area contributed by atoms with Crippen LogP contribution in [0.2, 0.25) is 5.02 Å². The van der Waals surface area contributed by atoms with Crippen molar-refractivity contribution in [1.29, 1.82) is 0 Å². The lowest BCUT2D eigenvalue weighted by Crippen LogP contribution is -2.47. The standard InChI is InChI=1S/C32H46ClN3O6S/c1-22-18-36(23(2)21-37)32(38)29-17-27(34-43(39,40)28-13-10-26(33)11-14-28)12-15-30(29)42-24(3)7-5-6-16-41-31(22)20-35(4)19-25-8-9-25/h10-15,17,22-25,31,34,37H,5-9,16,18-21H2,1-4H3/t22-,23+,24-,31-/m1/s1. The van der Waals surface area contributed by atoms with Gasteiger partial charge in [0.25, 0.3) is 15.9 Å². The number of anilines is 1. The number of amides is 1. The zero-order valence-corrected chi connectivity index (χ0v) is 27.2. The first-order valence-electron chi connectivity index (χ1n) is 15.3. The van der Waals surface area contributed by atoms with Crippen molar-refractivity contribution in [2.24, 2.45) is 11.8 Å². The van der Waals surface area contributed by atoms with Crippen molar-refractivity contribution in [2.75, 3.05) is 44.6 Å². The highest BCUT2D eigenvalue weighted by Crippen LogP contribution is 2.31. The van der Waals surface area contributed by atoms with E-state index in [9.17, 15) is 18.3 Å². The van der Waals surface area contributed by atoms with Crippen LogP contribution in [0.3, 0.4) is 0 Å². The molecule has 2 aromatic rings. The van der Waals surface area contributed by atoms with Gasteiger partial charge in [-0.05, 0) is 101 Å². The lowest BCUT2D eigenvalue weighted by atomic mass is 10.0. The first kappa shape index (κ1) is 33.5. The molecule has 11 heteroatoms. The number of carbonyl (C=O) groups excluding carboxylic acids is 1. The molecule has 1 heterocycles. The Hall–Kier alpha value is -2.37. The number of likely N-dealkylation sites (N-methyl/N-ethyl adjacent to an activating group) is 1. The summed E-state index contributed by atoms with van der Waals surface area (Å²) in [6, 6.07) is 10.1. The van der Waals surface area contributed by atoms with Crippen LogP contribution in [0.15, 0.2) is 47.4 Å². The van der Waals surface area contributed by atoms with Crippen molar-refractivity contribution < 1.29 is 27.8 Å². The van der Waals surface area contributed by atoms with E-state index >= 15 is 0 Å². The van der Waals surface area contributed by atoms with E-state index in [1.54, 1.807) is 24.0 Å². The van der Waals surface area contributed by atoms with Gasteiger partial charge in [-0.25, -0.2) is 8.42 Å². The maximum atomic E-state index is 14.3. The summed E-state index contributed by atoms with van der Waals surface area (Å²) < 4.78 is 41.5. The van der Waals surface area contributed by atoms with Gasteiger partial charge in [-0.2, -0.15) is 0 Å². The fraction of sp³-hybridized carbons (Fsp3) is 0.594. The van der Waals surface area contributed by atoms with Gasteiger partial charge in [0.15, 0.2) is 0 Å². The number of ether oxygens (including phenoxy) is 2. The molecule has 238 valence electrons. The molecule has 4 rings (SSSR count). The molecule has 0 unspecified atom stereocenters. The summed E-state index contributed by atoms with van der Waals surface area (Å²) in [5.41, 5.74) is 0.461. The highest BCUT2D eigenvalue weighted by atomic mass is 35.5. The first-order valence-corrected chi connectivity index (χ1v) is 17.1. The van der Waals surface area contributed by atoms with Crippen LogP contribution in [0.5, 0.6) is 5.75 Å². The Labute approximate surface area is 261 Å². The number of nitrogens with one attached hydrogen (secondary N) is 1. The average molecular weight is 636 g/mol. The van der Waals surface area contributed by atoms with E-state index in [2.05, 4.69) is 23.6 Å². The molecule has 0 saturated heterocycles. The second-order valence-corrected chi connectivity index (χ2v) is 14.4. The second kappa shape index (κ2) is 15.1. The van der Waals surface area contributed by atoms with Gasteiger partial charge in [0, 0.05) is 42.9 Å². The Morgan fingerprint density at radius 2 is 1.81 bits per heavy atom. The third-order valence-electron chi connectivity index (χ3n) is 8.19. The minimum atomic E-state index is -3.94. The molecular formula is C32H46ClN3O6S. The monoisotopic (exact) mass is 635 g/mol. The fourth-order valence-electron chi connectivity index (χ4n) is 5.40. The molecule has 0 spiro atoms. The fourth-order valence-corrected chi connectivity index (χ4v) is 6.57. The van der Waals surface area contributed by atoms with E-state index in [1.165, 1.54) is 43.2 Å². The molecule has 2 aliphatic rings. The van der Waals surface area contributed by atoms with Crippen LogP contribution in [-0.2, 0) is 14.8 Å². The topological polar surface area (TPSA) is 108 Å². The number of aliphatic hydroxyl groups excluding tert-OH is 1. The van der Waals surface area contributed by atoms with Gasteiger partial charge in [0.2, 0.25) is 0 Å². The number of benzene rings is 2. The molecule has 1 amide bonds. The van der Waals surface area contributed by atoms with Crippen molar-refractivity contribution in [3.63, 3.8) is 0 Å². The van der Waals surface area contributed by atoms with Gasteiger partial charge in [0.1, 0.15) is 5.75 Å². The van der Waals surface area contributed by atoms with Crippen LogP contribution in [-0.4, -0.2) is 87.4 Å². The molecule has 1 fully saturated rings. The summed E-state index contributed by atoms with van der Waals surface area (Å²) >= 11 is 5.94. The Morgan fingerprint density at radius 3 is 2.49 bits per heavy atom.